The van der Waals surface area contributed by atoms with Crippen LogP contribution in [-0.4, -0.2) is 18.1 Å². The molecule has 1 aliphatic rings. The zero-order chi connectivity index (χ0) is 17.6. The molecule has 0 aliphatic heterocycles. The summed E-state index contributed by atoms with van der Waals surface area (Å²) in [5, 5.41) is 3.10. The van der Waals surface area contributed by atoms with Gasteiger partial charge in [-0.15, -0.1) is 0 Å². The summed E-state index contributed by atoms with van der Waals surface area (Å²) in [6.45, 7) is 14.1. The lowest BCUT2D eigenvalue weighted by Crippen LogP contribution is -2.50. The van der Waals surface area contributed by atoms with Gasteiger partial charge in [-0.3, -0.25) is 4.79 Å². The fraction of sp³-hybridized carbons (Fsp3) is 0.650. The minimum atomic E-state index is -0.331. The molecule has 3 nitrogen and oxygen atoms in total. The second kappa shape index (κ2) is 8.37. The molecule has 1 fully saturated rings. The third kappa shape index (κ3) is 5.56. The molecule has 1 aliphatic carbocycles. The van der Waals surface area contributed by atoms with Crippen LogP contribution in [0.4, 0.5) is 0 Å². The molecule has 1 rings (SSSR count). The van der Waals surface area contributed by atoms with Gasteiger partial charge >= 0.3 is 0 Å². The number of allylic oxidation sites excluding steroid dienone is 6. The number of rotatable bonds is 6. The number of nitrogens with one attached hydrogen (secondary N) is 1. The Morgan fingerprint density at radius 2 is 1.87 bits per heavy atom. The lowest BCUT2D eigenvalue weighted by Gasteiger charge is -2.37. The topological polar surface area (TPSA) is 38.3 Å². The first-order valence-electron chi connectivity index (χ1n) is 8.69. The Morgan fingerprint density at radius 3 is 2.30 bits per heavy atom. The van der Waals surface area contributed by atoms with Crippen LogP contribution in [0.2, 0.25) is 0 Å². The van der Waals surface area contributed by atoms with Crippen LogP contribution in [0.1, 0.15) is 67.7 Å². The monoisotopic (exact) mass is 319 g/mol. The van der Waals surface area contributed by atoms with Crippen molar-refractivity contribution in [2.24, 2.45) is 5.41 Å². The number of amides is 1. The molecule has 1 amide bonds. The average Bonchev–Trinajstić information content (AvgIpc) is 2.43. The maximum Gasteiger partial charge on any atom is 0.225 e. The largest absolute Gasteiger partial charge is 0.494 e. The third-order valence-electron chi connectivity index (χ3n) is 4.24. The van der Waals surface area contributed by atoms with E-state index in [1.807, 2.05) is 34.6 Å². The van der Waals surface area contributed by atoms with Gasteiger partial charge < -0.3 is 10.1 Å². The smallest absolute Gasteiger partial charge is 0.225 e. The van der Waals surface area contributed by atoms with E-state index >= 15 is 0 Å². The fourth-order valence-electron chi connectivity index (χ4n) is 2.66. The van der Waals surface area contributed by atoms with Crippen LogP contribution in [0.25, 0.3) is 0 Å². The molecular formula is C20H33NO2. The second-order valence-corrected chi connectivity index (χ2v) is 7.27. The summed E-state index contributed by atoms with van der Waals surface area (Å²) in [5.74, 6) is 1.09. The second-order valence-electron chi connectivity index (χ2n) is 7.27. The van der Waals surface area contributed by atoms with E-state index in [9.17, 15) is 4.79 Å². The third-order valence-corrected chi connectivity index (χ3v) is 4.24. The molecule has 0 spiro atoms. The van der Waals surface area contributed by atoms with Gasteiger partial charge in [0.05, 0.1) is 0 Å². The Labute approximate surface area is 141 Å². The maximum absolute atomic E-state index is 12.0. The van der Waals surface area contributed by atoms with Crippen molar-refractivity contribution in [1.82, 2.24) is 5.32 Å². The average molecular weight is 319 g/mol. The molecule has 0 heterocycles. The summed E-state index contributed by atoms with van der Waals surface area (Å²) >= 11 is 0. The number of ether oxygens (including phenoxy) is 1. The molecule has 0 aromatic heterocycles. The van der Waals surface area contributed by atoms with Gasteiger partial charge in [0.25, 0.3) is 0 Å². The molecule has 1 saturated carbocycles. The van der Waals surface area contributed by atoms with Crippen LogP contribution >= 0.6 is 0 Å². The SMILES string of the molecule is CC=C(CC)C(/C=C\C)=C(/C)OC1CC(NC(=O)C(C)(C)C)C1. The molecular weight excluding hydrogens is 286 g/mol. The van der Waals surface area contributed by atoms with E-state index < -0.39 is 0 Å². The van der Waals surface area contributed by atoms with Crippen molar-refractivity contribution in [1.29, 1.82) is 0 Å². The molecule has 0 radical (unpaired) electrons. The number of carbonyl (C=O) groups is 1. The molecule has 23 heavy (non-hydrogen) atoms. The van der Waals surface area contributed by atoms with Crippen LogP contribution in [0.15, 0.2) is 35.1 Å². The quantitative estimate of drug-likeness (QED) is 0.558. The van der Waals surface area contributed by atoms with E-state index in [0.29, 0.717) is 0 Å². The molecule has 0 aromatic rings. The van der Waals surface area contributed by atoms with Gasteiger partial charge in [0, 0.05) is 29.9 Å². The van der Waals surface area contributed by atoms with Crippen molar-refractivity contribution in [2.75, 3.05) is 0 Å². The van der Waals surface area contributed by atoms with Gasteiger partial charge in [-0.05, 0) is 32.8 Å². The van der Waals surface area contributed by atoms with Crippen molar-refractivity contribution in [3.05, 3.63) is 35.1 Å². The van der Waals surface area contributed by atoms with Crippen LogP contribution in [0, 0.1) is 5.41 Å². The van der Waals surface area contributed by atoms with E-state index in [1.54, 1.807) is 0 Å². The van der Waals surface area contributed by atoms with Crippen LogP contribution in [-0.2, 0) is 9.53 Å². The summed E-state index contributed by atoms with van der Waals surface area (Å²) in [7, 11) is 0. The first-order chi connectivity index (χ1) is 10.7. The highest BCUT2D eigenvalue weighted by atomic mass is 16.5. The summed E-state index contributed by atoms with van der Waals surface area (Å²) in [6.07, 6.45) is 9.29. The Bertz CT molecular complexity index is 500. The van der Waals surface area contributed by atoms with E-state index in [0.717, 1.165) is 25.0 Å². The standard InChI is InChI=1S/C20H33NO2/c1-8-11-18(15(9-2)10-3)14(4)23-17-12-16(13-17)21-19(22)20(5,6)7/h8-9,11,16-17H,10,12-13H2,1-7H3,(H,21,22)/b11-8-,15-9?,18-14-. The summed E-state index contributed by atoms with van der Waals surface area (Å²) in [4.78, 5) is 12.0. The zero-order valence-corrected chi connectivity index (χ0v) is 15.8. The zero-order valence-electron chi connectivity index (χ0n) is 15.8. The van der Waals surface area contributed by atoms with E-state index in [-0.39, 0.29) is 23.5 Å². The molecule has 0 bridgehead atoms. The van der Waals surface area contributed by atoms with Crippen LogP contribution < -0.4 is 5.32 Å². The van der Waals surface area contributed by atoms with Gasteiger partial charge in [0.2, 0.25) is 5.91 Å². The molecule has 1 N–H and O–H groups in total. The van der Waals surface area contributed by atoms with Crippen molar-refractivity contribution in [2.45, 2.75) is 79.9 Å². The Kier molecular flexibility index (Phi) is 7.11. The maximum atomic E-state index is 12.0. The van der Waals surface area contributed by atoms with Gasteiger partial charge in [-0.25, -0.2) is 0 Å². The van der Waals surface area contributed by atoms with Crippen LogP contribution in [0.3, 0.4) is 0 Å². The molecule has 130 valence electrons. The first kappa shape index (κ1) is 19.5. The minimum absolute atomic E-state index is 0.116. The van der Waals surface area contributed by atoms with Crippen molar-refractivity contribution < 1.29 is 9.53 Å². The summed E-state index contributed by atoms with van der Waals surface area (Å²) in [6, 6.07) is 0.247. The molecule has 0 atom stereocenters. The Balaban J connectivity index is 2.61. The van der Waals surface area contributed by atoms with E-state index in [1.165, 1.54) is 11.1 Å². The van der Waals surface area contributed by atoms with Gasteiger partial charge in [-0.1, -0.05) is 45.9 Å². The molecule has 0 unspecified atom stereocenters. The van der Waals surface area contributed by atoms with Crippen molar-refractivity contribution in [3.8, 4) is 0 Å². The highest BCUT2D eigenvalue weighted by Crippen LogP contribution is 2.29. The summed E-state index contributed by atoms with van der Waals surface area (Å²) < 4.78 is 6.12. The first-order valence-corrected chi connectivity index (χ1v) is 8.69. The van der Waals surface area contributed by atoms with Gasteiger partial charge in [-0.2, -0.15) is 0 Å². The minimum Gasteiger partial charge on any atom is -0.494 e. The fourth-order valence-corrected chi connectivity index (χ4v) is 2.66. The van der Waals surface area contributed by atoms with E-state index in [4.69, 9.17) is 4.74 Å². The predicted molar refractivity (Wildman–Crippen MR) is 97.1 cm³/mol. The molecule has 0 saturated heterocycles. The molecule has 0 aromatic carbocycles. The normalized spacial score (nSPS) is 23.3. The highest BCUT2D eigenvalue weighted by Gasteiger charge is 2.34. The Hall–Kier alpha value is -1.51. The van der Waals surface area contributed by atoms with Crippen molar-refractivity contribution in [3.63, 3.8) is 0 Å². The van der Waals surface area contributed by atoms with Gasteiger partial charge in [0.1, 0.15) is 11.9 Å². The van der Waals surface area contributed by atoms with Crippen molar-refractivity contribution >= 4 is 5.91 Å². The number of hydrogen-bond donors (Lipinski definition) is 1. The lowest BCUT2D eigenvalue weighted by molar-refractivity contribution is -0.130. The lowest BCUT2D eigenvalue weighted by atomic mass is 9.87. The molecule has 3 heteroatoms. The highest BCUT2D eigenvalue weighted by molar-refractivity contribution is 5.81. The van der Waals surface area contributed by atoms with E-state index in [2.05, 4.69) is 37.4 Å². The number of carbonyl (C=O) groups excluding carboxylic acids is 1. The van der Waals surface area contributed by atoms with Gasteiger partial charge in [0.15, 0.2) is 0 Å². The Morgan fingerprint density at radius 1 is 1.26 bits per heavy atom. The number of hydrogen-bond acceptors (Lipinski definition) is 2. The van der Waals surface area contributed by atoms with Crippen LogP contribution in [0.5, 0.6) is 0 Å². The predicted octanol–water partition coefficient (Wildman–Crippen LogP) is 4.90. The summed E-state index contributed by atoms with van der Waals surface area (Å²) in [5.41, 5.74) is 2.15.